The first-order valence-electron chi connectivity index (χ1n) is 9.00. The number of rotatable bonds is 5. The number of hydrogen-bond acceptors (Lipinski definition) is 7. The summed E-state index contributed by atoms with van der Waals surface area (Å²) in [6.07, 6.45) is -4.51. The number of hydrogen-bond donors (Lipinski definition) is 0. The zero-order valence-electron chi connectivity index (χ0n) is 15.5. The highest BCUT2D eigenvalue weighted by Crippen LogP contribution is 2.30. The van der Waals surface area contributed by atoms with E-state index in [0.29, 0.717) is 31.3 Å². The van der Waals surface area contributed by atoms with Crippen LogP contribution in [0.3, 0.4) is 0 Å². The second kappa shape index (κ2) is 8.10. The highest BCUT2D eigenvalue weighted by atomic mass is 32.2. The van der Waals surface area contributed by atoms with Gasteiger partial charge < -0.3 is 4.52 Å². The summed E-state index contributed by atoms with van der Waals surface area (Å²) in [6.45, 7) is 1.71. The van der Waals surface area contributed by atoms with Crippen molar-refractivity contribution in [2.45, 2.75) is 17.6 Å². The van der Waals surface area contributed by atoms with Crippen LogP contribution in [0.15, 0.2) is 51.2 Å². The highest BCUT2D eigenvalue weighted by molar-refractivity contribution is 7.89. The van der Waals surface area contributed by atoms with Gasteiger partial charge >= 0.3 is 6.18 Å². The Morgan fingerprint density at radius 1 is 1.07 bits per heavy atom. The van der Waals surface area contributed by atoms with Crippen molar-refractivity contribution in [2.75, 3.05) is 26.2 Å². The van der Waals surface area contributed by atoms with E-state index in [9.17, 15) is 21.6 Å². The molecule has 2 aromatic heterocycles. The van der Waals surface area contributed by atoms with Gasteiger partial charge in [0.2, 0.25) is 21.7 Å². The summed E-state index contributed by atoms with van der Waals surface area (Å²) in [6, 6.07) is 7.34. The van der Waals surface area contributed by atoms with E-state index in [1.807, 2.05) is 22.4 Å². The molecule has 1 aliphatic rings. The Morgan fingerprint density at radius 2 is 1.77 bits per heavy atom. The maximum atomic E-state index is 12.7. The van der Waals surface area contributed by atoms with Crippen LogP contribution >= 0.6 is 11.3 Å². The number of benzene rings is 1. The van der Waals surface area contributed by atoms with Gasteiger partial charge in [0, 0.05) is 26.2 Å². The summed E-state index contributed by atoms with van der Waals surface area (Å²) < 4.78 is 70.1. The van der Waals surface area contributed by atoms with Crippen LogP contribution in [0.4, 0.5) is 13.2 Å². The first kappa shape index (κ1) is 21.0. The molecule has 0 unspecified atom stereocenters. The summed E-state index contributed by atoms with van der Waals surface area (Å²) in [5.74, 6) is 0.959. The number of piperazine rings is 1. The van der Waals surface area contributed by atoms with E-state index in [0.717, 1.165) is 29.1 Å². The van der Waals surface area contributed by atoms with Gasteiger partial charge in [-0.25, -0.2) is 8.42 Å². The second-order valence-corrected chi connectivity index (χ2v) is 9.58. The Hall–Kier alpha value is -2.28. The lowest BCUT2D eigenvalue weighted by atomic mass is 10.2. The summed E-state index contributed by atoms with van der Waals surface area (Å²) in [5, 5.41) is 5.87. The maximum absolute atomic E-state index is 12.7. The monoisotopic (exact) mass is 458 g/mol. The van der Waals surface area contributed by atoms with Crippen molar-refractivity contribution >= 4 is 21.4 Å². The number of halogens is 3. The van der Waals surface area contributed by atoms with Crippen LogP contribution in [0, 0.1) is 0 Å². The third-order valence-corrected chi connectivity index (χ3v) is 7.50. The molecule has 0 radical (unpaired) electrons. The smallest absolute Gasteiger partial charge is 0.338 e. The van der Waals surface area contributed by atoms with Crippen LogP contribution in [0.1, 0.15) is 11.5 Å². The average Bonchev–Trinajstić information content (AvgIpc) is 3.40. The average molecular weight is 458 g/mol. The van der Waals surface area contributed by atoms with Crippen molar-refractivity contribution in [2.24, 2.45) is 0 Å². The first-order chi connectivity index (χ1) is 14.2. The van der Waals surface area contributed by atoms with Crippen LogP contribution in [-0.4, -0.2) is 53.9 Å². The van der Waals surface area contributed by atoms with Crippen LogP contribution in [0.2, 0.25) is 0 Å². The van der Waals surface area contributed by atoms with Crippen LogP contribution in [0.5, 0.6) is 0 Å². The Kier molecular flexibility index (Phi) is 5.66. The predicted octanol–water partition coefficient (Wildman–Crippen LogP) is 3.32. The Labute approximate surface area is 174 Å². The first-order valence-corrected chi connectivity index (χ1v) is 11.3. The number of alkyl halides is 3. The van der Waals surface area contributed by atoms with E-state index in [2.05, 4.69) is 10.1 Å². The molecule has 30 heavy (non-hydrogen) atoms. The fourth-order valence-corrected chi connectivity index (χ4v) is 5.18. The summed E-state index contributed by atoms with van der Waals surface area (Å²) in [4.78, 5) is 7.10. The molecule has 3 aromatic rings. The van der Waals surface area contributed by atoms with Crippen molar-refractivity contribution in [3.63, 3.8) is 0 Å². The van der Waals surface area contributed by atoms with E-state index in [4.69, 9.17) is 4.52 Å². The van der Waals surface area contributed by atoms with E-state index < -0.39 is 21.8 Å². The molecule has 1 aliphatic heterocycles. The molecule has 12 heteroatoms. The third-order valence-electron chi connectivity index (χ3n) is 4.72. The van der Waals surface area contributed by atoms with Crippen molar-refractivity contribution in [1.29, 1.82) is 0 Å². The predicted molar refractivity (Wildman–Crippen MR) is 103 cm³/mol. The molecule has 1 fully saturated rings. The Bertz CT molecular complexity index is 1090. The Morgan fingerprint density at radius 3 is 2.37 bits per heavy atom. The molecule has 0 aliphatic carbocycles. The zero-order valence-corrected chi connectivity index (χ0v) is 17.2. The summed E-state index contributed by atoms with van der Waals surface area (Å²) >= 11 is 1.50. The van der Waals surface area contributed by atoms with Crippen LogP contribution < -0.4 is 0 Å². The van der Waals surface area contributed by atoms with E-state index >= 15 is 0 Å². The molecule has 7 nitrogen and oxygen atoms in total. The van der Waals surface area contributed by atoms with Crippen molar-refractivity contribution < 1.29 is 26.1 Å². The van der Waals surface area contributed by atoms with Gasteiger partial charge in [0.05, 0.1) is 21.9 Å². The van der Waals surface area contributed by atoms with Crippen LogP contribution in [-0.2, 0) is 22.7 Å². The minimum Gasteiger partial charge on any atom is -0.338 e. The van der Waals surface area contributed by atoms with Gasteiger partial charge in [-0.2, -0.15) is 22.5 Å². The largest absolute Gasteiger partial charge is 0.416 e. The van der Waals surface area contributed by atoms with Gasteiger partial charge in [-0.05, 0) is 35.7 Å². The molecule has 3 heterocycles. The molecule has 4 rings (SSSR count). The topological polar surface area (TPSA) is 79.5 Å². The fourth-order valence-electron chi connectivity index (χ4n) is 3.11. The van der Waals surface area contributed by atoms with Gasteiger partial charge in [0.25, 0.3) is 0 Å². The van der Waals surface area contributed by atoms with Gasteiger partial charge in [-0.1, -0.05) is 11.2 Å². The molecular formula is C18H17F3N4O3S2. The molecule has 0 spiro atoms. The molecule has 0 N–H and O–H groups in total. The standard InChI is InChI=1S/C18H17F3N4O3S2/c19-18(20,21)13-3-5-14(6-4-13)30(26,27)25-9-7-24(8-10-25)12-16-22-17(23-28-16)15-2-1-11-29-15/h1-6,11H,7-10,12H2. The van der Waals surface area contributed by atoms with Gasteiger partial charge in [0.1, 0.15) is 0 Å². The maximum Gasteiger partial charge on any atom is 0.416 e. The fraction of sp³-hybridized carbons (Fsp3) is 0.333. The van der Waals surface area contributed by atoms with Gasteiger partial charge in [-0.15, -0.1) is 11.3 Å². The zero-order chi connectivity index (χ0) is 21.4. The number of sulfonamides is 1. The van der Waals surface area contributed by atoms with E-state index in [1.165, 1.54) is 15.6 Å². The summed E-state index contributed by atoms with van der Waals surface area (Å²) in [5.41, 5.74) is -0.882. The molecule has 0 atom stereocenters. The third kappa shape index (κ3) is 4.41. The SMILES string of the molecule is O=S(=O)(c1ccc(C(F)(F)F)cc1)N1CCN(Cc2nc(-c3cccs3)no2)CC1. The van der Waals surface area contributed by atoms with Crippen molar-refractivity contribution in [3.05, 3.63) is 53.2 Å². The lowest BCUT2D eigenvalue weighted by Gasteiger charge is -2.33. The highest BCUT2D eigenvalue weighted by Gasteiger charge is 2.32. The molecule has 0 saturated carbocycles. The van der Waals surface area contributed by atoms with E-state index in [1.54, 1.807) is 0 Å². The summed E-state index contributed by atoms with van der Waals surface area (Å²) in [7, 11) is -3.86. The normalized spacial score (nSPS) is 16.8. The molecular weight excluding hydrogens is 441 g/mol. The molecule has 0 amide bonds. The molecule has 1 saturated heterocycles. The Balaban J connectivity index is 1.37. The quantitative estimate of drug-likeness (QED) is 0.584. The van der Waals surface area contributed by atoms with Crippen molar-refractivity contribution in [3.8, 4) is 10.7 Å². The minimum absolute atomic E-state index is 0.151. The number of aromatic nitrogens is 2. The second-order valence-electron chi connectivity index (χ2n) is 6.69. The molecule has 160 valence electrons. The lowest BCUT2D eigenvalue weighted by molar-refractivity contribution is -0.137. The van der Waals surface area contributed by atoms with Gasteiger partial charge in [-0.3, -0.25) is 4.90 Å². The van der Waals surface area contributed by atoms with Gasteiger partial charge in [0.15, 0.2) is 0 Å². The van der Waals surface area contributed by atoms with E-state index in [-0.39, 0.29) is 18.0 Å². The van der Waals surface area contributed by atoms with Crippen LogP contribution in [0.25, 0.3) is 10.7 Å². The molecule has 1 aromatic carbocycles. The minimum atomic E-state index is -4.51. The number of thiophene rings is 1. The molecule has 0 bridgehead atoms. The number of nitrogens with zero attached hydrogens (tertiary/aromatic N) is 4. The lowest BCUT2D eigenvalue weighted by Crippen LogP contribution is -2.48. The van der Waals surface area contributed by atoms with Crippen molar-refractivity contribution in [1.82, 2.24) is 19.3 Å².